The lowest BCUT2D eigenvalue weighted by molar-refractivity contribution is -0.00970. The minimum Gasteiger partial charge on any atom is -0.444 e. The number of nitrogens with zero attached hydrogens (tertiary/aromatic N) is 4. The van der Waals surface area contributed by atoms with Gasteiger partial charge in [-0.1, -0.05) is 23.7 Å². The van der Waals surface area contributed by atoms with Gasteiger partial charge in [-0.05, 0) is 70.2 Å². The van der Waals surface area contributed by atoms with Gasteiger partial charge in [0.25, 0.3) is 5.56 Å². The van der Waals surface area contributed by atoms with Gasteiger partial charge in [0.05, 0.1) is 11.6 Å². The van der Waals surface area contributed by atoms with Gasteiger partial charge in [-0.25, -0.2) is 9.48 Å². The van der Waals surface area contributed by atoms with Crippen molar-refractivity contribution >= 4 is 17.7 Å². The van der Waals surface area contributed by atoms with Crippen molar-refractivity contribution in [2.45, 2.75) is 63.6 Å². The maximum Gasteiger partial charge on any atom is 0.410 e. The van der Waals surface area contributed by atoms with Gasteiger partial charge >= 0.3 is 6.09 Å². The Kier molecular flexibility index (Phi) is 6.42. The number of ether oxygens (including phenoxy) is 1. The van der Waals surface area contributed by atoms with Gasteiger partial charge in [0.1, 0.15) is 11.7 Å². The van der Waals surface area contributed by atoms with Crippen molar-refractivity contribution in [2.24, 2.45) is 0 Å². The molecule has 164 valence electrons. The van der Waals surface area contributed by atoms with Crippen LogP contribution in [-0.4, -0.2) is 33.4 Å². The Morgan fingerprint density at radius 1 is 1.29 bits per heavy atom. The van der Waals surface area contributed by atoms with Crippen LogP contribution < -0.4 is 5.56 Å². The van der Waals surface area contributed by atoms with E-state index in [9.17, 15) is 9.59 Å². The van der Waals surface area contributed by atoms with E-state index < -0.39 is 17.2 Å². The number of carbonyl (C=O) groups excluding carboxylic acids is 1. The van der Waals surface area contributed by atoms with Crippen LogP contribution in [0.1, 0.15) is 63.8 Å². The van der Waals surface area contributed by atoms with Gasteiger partial charge in [0.2, 0.25) is 0 Å². The number of hydrogen-bond acceptors (Lipinski definition) is 5. The van der Waals surface area contributed by atoms with Crippen LogP contribution in [0.3, 0.4) is 0 Å². The van der Waals surface area contributed by atoms with Gasteiger partial charge in [0, 0.05) is 18.1 Å². The van der Waals surface area contributed by atoms with Crippen molar-refractivity contribution in [3.63, 3.8) is 0 Å². The zero-order valence-corrected chi connectivity index (χ0v) is 19.0. The standard InChI is InChI=1S/C23H27ClN4O3/c1-22(2,3)31-21(30)27(4)23(16-6-5-7-17(24)14-16)12-10-19(11-13-23)28-20(29)9-8-18(15-25)26-28/h5-9,14,19H,10-13H2,1-4H3. The summed E-state index contributed by atoms with van der Waals surface area (Å²) in [5.74, 6) is 0. The third kappa shape index (κ3) is 4.91. The molecule has 0 atom stereocenters. The summed E-state index contributed by atoms with van der Waals surface area (Å²) in [5.41, 5.74) is -0.345. The molecule has 3 rings (SSSR count). The van der Waals surface area contributed by atoms with Crippen molar-refractivity contribution in [2.75, 3.05) is 7.05 Å². The lowest BCUT2D eigenvalue weighted by Crippen LogP contribution is -2.51. The van der Waals surface area contributed by atoms with Gasteiger partial charge in [0.15, 0.2) is 5.69 Å². The second-order valence-electron chi connectivity index (χ2n) is 8.93. The van der Waals surface area contributed by atoms with Crippen molar-refractivity contribution < 1.29 is 9.53 Å². The third-order valence-corrected chi connectivity index (χ3v) is 5.97. The maximum absolute atomic E-state index is 13.0. The third-order valence-electron chi connectivity index (χ3n) is 5.74. The summed E-state index contributed by atoms with van der Waals surface area (Å²) in [7, 11) is 1.75. The van der Waals surface area contributed by atoms with Crippen LogP contribution in [0.2, 0.25) is 5.02 Å². The Balaban J connectivity index is 1.94. The summed E-state index contributed by atoms with van der Waals surface area (Å²) in [5, 5.41) is 13.9. The zero-order chi connectivity index (χ0) is 22.8. The van der Waals surface area contributed by atoms with Crippen LogP contribution in [0, 0.1) is 11.3 Å². The van der Waals surface area contributed by atoms with Gasteiger partial charge in [-0.15, -0.1) is 0 Å². The highest BCUT2D eigenvalue weighted by atomic mass is 35.5. The molecule has 31 heavy (non-hydrogen) atoms. The average molecular weight is 443 g/mol. The Morgan fingerprint density at radius 2 is 1.97 bits per heavy atom. The zero-order valence-electron chi connectivity index (χ0n) is 18.3. The van der Waals surface area contributed by atoms with Crippen LogP contribution in [0.25, 0.3) is 0 Å². The van der Waals surface area contributed by atoms with Gasteiger partial charge < -0.3 is 9.64 Å². The number of benzene rings is 1. The van der Waals surface area contributed by atoms with E-state index in [0.29, 0.717) is 30.7 Å². The first-order chi connectivity index (χ1) is 14.6. The molecule has 1 aromatic carbocycles. The van der Waals surface area contributed by atoms with E-state index >= 15 is 0 Å². The molecule has 0 N–H and O–H groups in total. The molecule has 0 unspecified atom stereocenters. The first-order valence-electron chi connectivity index (χ1n) is 10.3. The molecule has 0 spiro atoms. The van der Waals surface area contributed by atoms with Crippen LogP contribution in [0.4, 0.5) is 4.79 Å². The highest BCUT2D eigenvalue weighted by Crippen LogP contribution is 2.45. The summed E-state index contributed by atoms with van der Waals surface area (Å²) in [4.78, 5) is 27.0. The fraction of sp³-hybridized carbons (Fsp3) is 0.478. The molecule has 1 heterocycles. The molecule has 1 amide bonds. The molecular formula is C23H27ClN4O3. The molecule has 1 aliphatic rings. The Hall–Kier alpha value is -2.85. The number of hydrogen-bond donors (Lipinski definition) is 0. The largest absolute Gasteiger partial charge is 0.444 e. The minimum atomic E-state index is -0.625. The van der Waals surface area contributed by atoms with E-state index in [2.05, 4.69) is 5.10 Å². The SMILES string of the molecule is CN(C(=O)OC(C)(C)C)C1(c2cccc(Cl)c2)CCC(n2nc(C#N)ccc2=O)CC1. The smallest absolute Gasteiger partial charge is 0.410 e. The number of aromatic nitrogens is 2. The minimum absolute atomic E-state index is 0.153. The quantitative estimate of drug-likeness (QED) is 0.690. The van der Waals surface area contributed by atoms with E-state index in [1.807, 2.05) is 45.0 Å². The monoisotopic (exact) mass is 442 g/mol. The number of halogens is 1. The second kappa shape index (κ2) is 8.72. The van der Waals surface area contributed by atoms with Crippen molar-refractivity contribution in [3.8, 4) is 6.07 Å². The van der Waals surface area contributed by atoms with Gasteiger partial charge in [-0.2, -0.15) is 10.4 Å². The molecule has 1 saturated carbocycles. The van der Waals surface area contributed by atoms with E-state index in [0.717, 1.165) is 5.56 Å². The predicted octanol–water partition coefficient (Wildman–Crippen LogP) is 4.65. The summed E-state index contributed by atoms with van der Waals surface area (Å²) < 4.78 is 7.04. The highest BCUT2D eigenvalue weighted by Gasteiger charge is 2.44. The first kappa shape index (κ1) is 22.8. The summed E-state index contributed by atoms with van der Waals surface area (Å²) in [6, 6.07) is 12.1. The Bertz CT molecular complexity index is 1060. The molecule has 8 heteroatoms. The fourth-order valence-electron chi connectivity index (χ4n) is 4.17. The molecule has 0 radical (unpaired) electrons. The summed E-state index contributed by atoms with van der Waals surface area (Å²) in [6.45, 7) is 5.51. The maximum atomic E-state index is 13.0. The molecule has 0 bridgehead atoms. The molecule has 1 aliphatic carbocycles. The Labute approximate surface area is 187 Å². The average Bonchev–Trinajstić information content (AvgIpc) is 2.72. The summed E-state index contributed by atoms with van der Waals surface area (Å²) >= 11 is 6.27. The molecular weight excluding hydrogens is 416 g/mol. The number of carbonyl (C=O) groups is 1. The number of amides is 1. The van der Waals surface area contributed by atoms with E-state index in [4.69, 9.17) is 21.6 Å². The molecule has 2 aromatic rings. The van der Waals surface area contributed by atoms with Crippen LogP contribution in [0.15, 0.2) is 41.2 Å². The second-order valence-corrected chi connectivity index (χ2v) is 9.36. The van der Waals surface area contributed by atoms with E-state index in [-0.39, 0.29) is 17.3 Å². The van der Waals surface area contributed by atoms with Crippen LogP contribution >= 0.6 is 11.6 Å². The topological polar surface area (TPSA) is 88.2 Å². The highest BCUT2D eigenvalue weighted by molar-refractivity contribution is 6.30. The molecule has 7 nitrogen and oxygen atoms in total. The molecule has 1 fully saturated rings. The Morgan fingerprint density at radius 3 is 2.55 bits per heavy atom. The van der Waals surface area contributed by atoms with Crippen LogP contribution in [-0.2, 0) is 10.3 Å². The van der Waals surface area contributed by atoms with Gasteiger partial charge in [-0.3, -0.25) is 4.79 Å². The van der Waals surface area contributed by atoms with E-state index in [1.165, 1.54) is 16.8 Å². The fourth-order valence-corrected chi connectivity index (χ4v) is 4.36. The lowest BCUT2D eigenvalue weighted by Gasteiger charge is -2.46. The van der Waals surface area contributed by atoms with Crippen LogP contribution in [0.5, 0.6) is 0 Å². The van der Waals surface area contributed by atoms with Crippen molar-refractivity contribution in [3.05, 3.63) is 63.0 Å². The molecule has 0 aliphatic heterocycles. The predicted molar refractivity (Wildman–Crippen MR) is 118 cm³/mol. The lowest BCUT2D eigenvalue weighted by atomic mass is 9.74. The molecule has 0 saturated heterocycles. The van der Waals surface area contributed by atoms with Crippen molar-refractivity contribution in [1.29, 1.82) is 5.26 Å². The van der Waals surface area contributed by atoms with Crippen molar-refractivity contribution in [1.82, 2.24) is 14.7 Å². The number of nitriles is 1. The van der Waals surface area contributed by atoms with E-state index in [1.54, 1.807) is 18.0 Å². The molecule has 1 aromatic heterocycles. The first-order valence-corrected chi connectivity index (χ1v) is 10.7. The summed E-state index contributed by atoms with van der Waals surface area (Å²) in [6.07, 6.45) is 2.01. The number of rotatable bonds is 3. The normalized spacial score (nSPS) is 21.2.